The van der Waals surface area contributed by atoms with Crippen molar-refractivity contribution in [3.63, 3.8) is 0 Å². The van der Waals surface area contributed by atoms with Gasteiger partial charge in [0.25, 0.3) is 0 Å². The van der Waals surface area contributed by atoms with Gasteiger partial charge in [-0.15, -0.1) is 0 Å². The average Bonchev–Trinajstić information content (AvgIpc) is 2.58. The Balaban J connectivity index is -0.0000000956. The van der Waals surface area contributed by atoms with E-state index in [0.717, 1.165) is 5.56 Å². The van der Waals surface area contributed by atoms with Crippen LogP contribution in [0.3, 0.4) is 0 Å². The first-order chi connectivity index (χ1) is 11.1. The SMILES string of the molecule is CI.NCCC(=O)O.[CH2-]I.[Cl-].[NH3+]CCC(=O)OCc1ccccc1.[V]. The Morgan fingerprint density at radius 2 is 1.68 bits per heavy atom. The van der Waals surface area contributed by atoms with Crippen LogP contribution in [0, 0.1) is 4.93 Å². The summed E-state index contributed by atoms with van der Waals surface area (Å²) < 4.78 is 4.99. The number of quaternary nitrogens is 1. The maximum Gasteiger partial charge on any atom is 0.311 e. The first-order valence-electron chi connectivity index (χ1n) is 6.65. The van der Waals surface area contributed by atoms with Gasteiger partial charge in [0, 0.05) is 25.1 Å². The Morgan fingerprint density at radius 1 is 1.20 bits per heavy atom. The average molecular weight is 639 g/mol. The number of benzene rings is 1. The van der Waals surface area contributed by atoms with Crippen LogP contribution in [-0.2, 0) is 39.5 Å². The van der Waals surface area contributed by atoms with Crippen LogP contribution in [-0.4, -0.2) is 35.1 Å². The van der Waals surface area contributed by atoms with E-state index in [9.17, 15) is 9.59 Å². The Bertz CT molecular complexity index is 391. The molecule has 0 spiro atoms. The molecule has 0 saturated heterocycles. The summed E-state index contributed by atoms with van der Waals surface area (Å²) in [5.41, 5.74) is 9.44. The van der Waals surface area contributed by atoms with Crippen LogP contribution >= 0.6 is 45.2 Å². The number of alkyl halides is 1. The fourth-order valence-corrected chi connectivity index (χ4v) is 1.08. The molecule has 10 heteroatoms. The molecule has 0 aliphatic carbocycles. The maximum atomic E-state index is 11.0. The molecule has 1 aromatic carbocycles. The van der Waals surface area contributed by atoms with Gasteiger partial charge in [0.1, 0.15) is 6.61 Å². The molecule has 0 aliphatic heterocycles. The van der Waals surface area contributed by atoms with Gasteiger partial charge in [0.05, 0.1) is 19.4 Å². The van der Waals surface area contributed by atoms with Crippen molar-refractivity contribution in [2.75, 3.05) is 18.0 Å². The summed E-state index contributed by atoms with van der Waals surface area (Å²) in [4.78, 5) is 25.7. The van der Waals surface area contributed by atoms with Crippen molar-refractivity contribution in [1.29, 1.82) is 0 Å². The van der Waals surface area contributed by atoms with E-state index in [-0.39, 0.29) is 49.9 Å². The van der Waals surface area contributed by atoms with Gasteiger partial charge in [-0.25, -0.2) is 0 Å². The number of aliphatic carboxylic acids is 1. The number of carboxylic acids is 1. The number of nitrogens with two attached hydrogens (primary N) is 1. The second-order valence-electron chi connectivity index (χ2n) is 3.68. The van der Waals surface area contributed by atoms with Crippen LogP contribution in [0.25, 0.3) is 0 Å². The van der Waals surface area contributed by atoms with E-state index in [4.69, 9.17) is 15.6 Å². The minimum absolute atomic E-state index is 0. The van der Waals surface area contributed by atoms with E-state index in [1.54, 1.807) is 0 Å². The number of carbonyl (C=O) groups is 2. The molecule has 1 rings (SSSR count). The molecule has 1 radical (unpaired) electrons. The second-order valence-corrected chi connectivity index (χ2v) is 3.68. The zero-order valence-corrected chi connectivity index (χ0v) is 20.6. The van der Waals surface area contributed by atoms with Gasteiger partial charge in [0.2, 0.25) is 0 Å². The Labute approximate surface area is 195 Å². The largest absolute Gasteiger partial charge is 1.00 e. The van der Waals surface area contributed by atoms with E-state index in [1.165, 1.54) is 0 Å². The number of esters is 1. The molecule has 6 N–H and O–H groups in total. The van der Waals surface area contributed by atoms with Crippen molar-refractivity contribution in [2.24, 2.45) is 5.73 Å². The minimum Gasteiger partial charge on any atom is -1.00 e. The van der Waals surface area contributed by atoms with Gasteiger partial charge < -0.3 is 56.3 Å². The summed E-state index contributed by atoms with van der Waals surface area (Å²) in [5, 5.41) is 7.83. The number of carboxylic acid groups (broad SMARTS) is 1. The van der Waals surface area contributed by atoms with E-state index in [1.807, 2.05) is 57.9 Å². The summed E-state index contributed by atoms with van der Waals surface area (Å²) in [7, 11) is 0. The predicted molar refractivity (Wildman–Crippen MR) is 109 cm³/mol. The van der Waals surface area contributed by atoms with Crippen LogP contribution in [0.4, 0.5) is 0 Å². The van der Waals surface area contributed by atoms with Crippen LogP contribution in [0.2, 0.25) is 0 Å². The smallest absolute Gasteiger partial charge is 0.311 e. The Hall–Kier alpha value is 0.414. The van der Waals surface area contributed by atoms with Crippen molar-refractivity contribution in [2.45, 2.75) is 19.4 Å². The van der Waals surface area contributed by atoms with Crippen LogP contribution in [0.1, 0.15) is 18.4 Å². The summed E-state index contributed by atoms with van der Waals surface area (Å²) >= 11 is 4.05. The van der Waals surface area contributed by atoms with E-state index in [0.29, 0.717) is 19.6 Å². The molecular weight excluding hydrogens is 612 g/mol. The minimum atomic E-state index is -0.836. The third-order valence-corrected chi connectivity index (χ3v) is 1.98. The third-order valence-electron chi connectivity index (χ3n) is 1.98. The predicted octanol–water partition coefficient (Wildman–Crippen LogP) is -0.953. The second kappa shape index (κ2) is 32.1. The molecule has 0 heterocycles. The van der Waals surface area contributed by atoms with Crippen LogP contribution < -0.4 is 23.9 Å². The van der Waals surface area contributed by atoms with Crippen molar-refractivity contribution in [3.05, 3.63) is 40.8 Å². The van der Waals surface area contributed by atoms with Crippen molar-refractivity contribution in [1.82, 2.24) is 0 Å². The first kappa shape index (κ1) is 36.3. The molecule has 0 amide bonds. The number of carbonyl (C=O) groups excluding carboxylic acids is 1. The number of ether oxygens (including phenoxy) is 1. The third kappa shape index (κ3) is 32.5. The number of rotatable bonds is 6. The fraction of sp³-hybridized carbons (Fsp3) is 0.400. The Kier molecular flexibility index (Phi) is 46.7. The molecule has 6 nitrogen and oxygen atoms in total. The van der Waals surface area contributed by atoms with Gasteiger partial charge in [-0.2, -0.15) is 0 Å². The Morgan fingerprint density at radius 3 is 2.00 bits per heavy atom. The quantitative estimate of drug-likeness (QED) is 0.161. The van der Waals surface area contributed by atoms with Crippen molar-refractivity contribution >= 4 is 57.1 Å². The molecule has 0 atom stereocenters. The molecule has 0 unspecified atom stereocenters. The molecular formula is C15H26ClI2N2O4V-. The standard InChI is InChI=1S/C10H13NO2.C3H7NO2.CH3I.CH2I.ClH.V/c11-7-6-10(12)13-8-9-4-2-1-3-5-9;4-2-1-3(5)6;2*1-2;;/h1-5H,6-8,11H2;1-2,4H2,(H,5,6);1H3;1H2;1H;/q;;;-1;;. The van der Waals surface area contributed by atoms with Crippen molar-refractivity contribution < 1.29 is 56.1 Å². The van der Waals surface area contributed by atoms with E-state index in [2.05, 4.69) is 33.3 Å². The number of halogens is 3. The van der Waals surface area contributed by atoms with Crippen molar-refractivity contribution in [3.8, 4) is 0 Å². The zero-order chi connectivity index (χ0) is 18.5. The molecule has 147 valence electrons. The zero-order valence-electron chi connectivity index (χ0n) is 14.2. The van der Waals surface area contributed by atoms with Gasteiger partial charge in [-0.05, 0) is 10.5 Å². The summed E-state index contributed by atoms with van der Waals surface area (Å²) in [6.45, 7) is 1.18. The first-order valence-corrected chi connectivity index (χ1v) is 10.3. The van der Waals surface area contributed by atoms with Crippen LogP contribution in [0.5, 0.6) is 0 Å². The summed E-state index contributed by atoms with van der Waals surface area (Å²) in [6.07, 6.45) is 0.465. The monoisotopic (exact) mass is 638 g/mol. The number of hydrogen-bond acceptors (Lipinski definition) is 4. The van der Waals surface area contributed by atoms with Gasteiger partial charge in [-0.3, -0.25) is 14.5 Å². The molecule has 0 aromatic heterocycles. The molecule has 1 aromatic rings. The fourth-order valence-electron chi connectivity index (χ4n) is 1.08. The molecule has 0 aliphatic rings. The topological polar surface area (TPSA) is 117 Å². The maximum absolute atomic E-state index is 11.0. The normalized spacial score (nSPS) is 7.44. The molecule has 0 fully saturated rings. The van der Waals surface area contributed by atoms with Gasteiger partial charge in [-0.1, -0.05) is 52.9 Å². The van der Waals surface area contributed by atoms with Gasteiger partial charge >= 0.3 is 11.9 Å². The van der Waals surface area contributed by atoms with Gasteiger partial charge in [0.15, 0.2) is 0 Å². The number of hydrogen-bond donors (Lipinski definition) is 3. The van der Waals surface area contributed by atoms with Crippen LogP contribution in [0.15, 0.2) is 30.3 Å². The van der Waals surface area contributed by atoms with E-state index < -0.39 is 5.97 Å². The van der Waals surface area contributed by atoms with E-state index >= 15 is 0 Å². The molecule has 0 saturated carbocycles. The molecule has 0 bridgehead atoms. The summed E-state index contributed by atoms with van der Waals surface area (Å²) in [6, 6.07) is 9.63. The molecule has 25 heavy (non-hydrogen) atoms. The summed E-state index contributed by atoms with van der Waals surface area (Å²) in [5.74, 6) is -1.02.